The molecule has 0 saturated carbocycles. The average molecular weight is 327 g/mol. The summed E-state index contributed by atoms with van der Waals surface area (Å²) in [6.45, 7) is 9.21. The van der Waals surface area contributed by atoms with Crippen LogP contribution in [0.2, 0.25) is 0 Å². The lowest BCUT2D eigenvalue weighted by molar-refractivity contribution is -0.171. The third-order valence-electron chi connectivity index (χ3n) is 2.96. The summed E-state index contributed by atoms with van der Waals surface area (Å²) < 4.78 is 6.71. The average Bonchev–Trinajstić information content (AvgIpc) is 2.25. The fourth-order valence-corrected chi connectivity index (χ4v) is 2.85. The minimum absolute atomic E-state index is 0.00412. The molecule has 104 valence electrons. The Hall–Kier alpha value is -0.940. The summed E-state index contributed by atoms with van der Waals surface area (Å²) in [5, 5.41) is 0. The molecular weight excluding hydrogens is 308 g/mol. The summed E-state index contributed by atoms with van der Waals surface area (Å²) in [6.07, 6.45) is 1.60. The summed E-state index contributed by atoms with van der Waals surface area (Å²) in [6, 6.07) is 3.57. The number of nitrogens with zero attached hydrogens (tertiary/aromatic N) is 2. The van der Waals surface area contributed by atoms with Gasteiger partial charge < -0.3 is 9.64 Å². The molecule has 2 heterocycles. The van der Waals surface area contributed by atoms with Crippen molar-refractivity contribution in [2.24, 2.45) is 0 Å². The molecule has 0 bridgehead atoms. The molecule has 1 amide bonds. The van der Waals surface area contributed by atoms with Crippen molar-refractivity contribution >= 4 is 21.8 Å². The standard InChI is InChI=1S/C14H19BrN2O2/c1-13(2)8-17(9-14(3,4)19-13)12(18)10-5-6-11(15)16-7-10/h5-7H,8-9H2,1-4H3. The number of carbonyl (C=O) groups is 1. The quantitative estimate of drug-likeness (QED) is 0.745. The molecule has 1 fully saturated rings. The number of pyridine rings is 1. The van der Waals surface area contributed by atoms with Crippen molar-refractivity contribution in [3.63, 3.8) is 0 Å². The van der Waals surface area contributed by atoms with Gasteiger partial charge in [0.25, 0.3) is 5.91 Å². The molecule has 0 atom stereocenters. The number of amides is 1. The van der Waals surface area contributed by atoms with Gasteiger partial charge in [0.05, 0.1) is 16.8 Å². The van der Waals surface area contributed by atoms with Gasteiger partial charge in [0.2, 0.25) is 0 Å². The van der Waals surface area contributed by atoms with Gasteiger partial charge in [-0.05, 0) is 55.8 Å². The van der Waals surface area contributed by atoms with E-state index in [1.807, 2.05) is 32.6 Å². The zero-order valence-electron chi connectivity index (χ0n) is 11.7. The van der Waals surface area contributed by atoms with E-state index in [0.29, 0.717) is 18.7 Å². The lowest BCUT2D eigenvalue weighted by Crippen LogP contribution is -2.58. The van der Waals surface area contributed by atoms with Gasteiger partial charge in [0, 0.05) is 19.3 Å². The van der Waals surface area contributed by atoms with Crippen molar-refractivity contribution in [3.05, 3.63) is 28.5 Å². The first-order valence-corrected chi connectivity index (χ1v) is 7.09. The van der Waals surface area contributed by atoms with Gasteiger partial charge in [-0.15, -0.1) is 0 Å². The van der Waals surface area contributed by atoms with Gasteiger partial charge in [0.1, 0.15) is 4.60 Å². The van der Waals surface area contributed by atoms with Gasteiger partial charge in [-0.3, -0.25) is 4.79 Å². The molecule has 1 aliphatic rings. The third-order valence-corrected chi connectivity index (χ3v) is 3.43. The molecule has 1 aromatic rings. The summed E-state index contributed by atoms with van der Waals surface area (Å²) >= 11 is 3.27. The number of aromatic nitrogens is 1. The minimum Gasteiger partial charge on any atom is -0.366 e. The maximum absolute atomic E-state index is 12.5. The van der Waals surface area contributed by atoms with E-state index in [1.165, 1.54) is 0 Å². The molecule has 0 spiro atoms. The maximum Gasteiger partial charge on any atom is 0.255 e. The predicted octanol–water partition coefficient (Wildman–Crippen LogP) is 2.87. The lowest BCUT2D eigenvalue weighted by atomic mass is 9.98. The zero-order chi connectivity index (χ0) is 14.3. The van der Waals surface area contributed by atoms with E-state index in [-0.39, 0.29) is 17.1 Å². The highest BCUT2D eigenvalue weighted by Crippen LogP contribution is 2.28. The highest BCUT2D eigenvalue weighted by atomic mass is 79.9. The second-order valence-electron chi connectivity index (χ2n) is 6.15. The Bertz CT molecular complexity index is 467. The van der Waals surface area contributed by atoms with Crippen LogP contribution in [0.1, 0.15) is 38.1 Å². The van der Waals surface area contributed by atoms with Crippen molar-refractivity contribution in [2.45, 2.75) is 38.9 Å². The van der Waals surface area contributed by atoms with E-state index in [0.717, 1.165) is 4.60 Å². The van der Waals surface area contributed by atoms with Crippen molar-refractivity contribution in [1.29, 1.82) is 0 Å². The van der Waals surface area contributed by atoms with Gasteiger partial charge in [0.15, 0.2) is 0 Å². The first-order valence-electron chi connectivity index (χ1n) is 6.30. The Balaban J connectivity index is 2.21. The Morgan fingerprint density at radius 3 is 2.32 bits per heavy atom. The molecule has 2 rings (SSSR count). The summed E-state index contributed by atoms with van der Waals surface area (Å²) in [5.74, 6) is 0.00412. The van der Waals surface area contributed by atoms with Crippen molar-refractivity contribution in [3.8, 4) is 0 Å². The summed E-state index contributed by atoms with van der Waals surface area (Å²) in [7, 11) is 0. The molecule has 0 aliphatic carbocycles. The fraction of sp³-hybridized carbons (Fsp3) is 0.571. The van der Waals surface area contributed by atoms with Gasteiger partial charge in [-0.25, -0.2) is 4.98 Å². The van der Waals surface area contributed by atoms with E-state index in [1.54, 1.807) is 18.3 Å². The van der Waals surface area contributed by atoms with Gasteiger partial charge in [-0.2, -0.15) is 0 Å². The Morgan fingerprint density at radius 1 is 1.26 bits per heavy atom. The third kappa shape index (κ3) is 3.54. The molecule has 5 heteroatoms. The molecule has 1 aromatic heterocycles. The van der Waals surface area contributed by atoms with E-state index >= 15 is 0 Å². The summed E-state index contributed by atoms with van der Waals surface area (Å²) in [4.78, 5) is 18.4. The van der Waals surface area contributed by atoms with Gasteiger partial charge in [-0.1, -0.05) is 0 Å². The molecule has 0 aromatic carbocycles. The zero-order valence-corrected chi connectivity index (χ0v) is 13.3. The highest BCUT2D eigenvalue weighted by molar-refractivity contribution is 9.10. The minimum atomic E-state index is -0.333. The maximum atomic E-state index is 12.5. The number of hydrogen-bond donors (Lipinski definition) is 0. The number of rotatable bonds is 1. The molecular formula is C14H19BrN2O2. The van der Waals surface area contributed by atoms with E-state index < -0.39 is 0 Å². The molecule has 4 nitrogen and oxygen atoms in total. The predicted molar refractivity (Wildman–Crippen MR) is 77.1 cm³/mol. The Labute approximate surface area is 122 Å². The van der Waals surface area contributed by atoms with Crippen LogP contribution in [0.3, 0.4) is 0 Å². The molecule has 0 unspecified atom stereocenters. The molecule has 19 heavy (non-hydrogen) atoms. The van der Waals surface area contributed by atoms with Crippen molar-refractivity contribution < 1.29 is 9.53 Å². The fourth-order valence-electron chi connectivity index (χ4n) is 2.62. The largest absolute Gasteiger partial charge is 0.366 e. The number of hydrogen-bond acceptors (Lipinski definition) is 3. The highest BCUT2D eigenvalue weighted by Gasteiger charge is 2.40. The second kappa shape index (κ2) is 4.87. The first-order chi connectivity index (χ1) is 8.69. The van der Waals surface area contributed by atoms with E-state index in [4.69, 9.17) is 4.74 Å². The molecule has 0 radical (unpaired) electrons. The number of halogens is 1. The lowest BCUT2D eigenvalue weighted by Gasteiger charge is -2.47. The monoisotopic (exact) mass is 326 g/mol. The van der Waals surface area contributed by atoms with Crippen LogP contribution in [0.15, 0.2) is 22.9 Å². The van der Waals surface area contributed by atoms with Crippen LogP contribution in [-0.2, 0) is 4.74 Å². The topological polar surface area (TPSA) is 42.4 Å². The number of morpholine rings is 1. The van der Waals surface area contributed by atoms with E-state index in [9.17, 15) is 4.79 Å². The Morgan fingerprint density at radius 2 is 1.84 bits per heavy atom. The van der Waals surface area contributed by atoms with Crippen LogP contribution < -0.4 is 0 Å². The van der Waals surface area contributed by atoms with E-state index in [2.05, 4.69) is 20.9 Å². The van der Waals surface area contributed by atoms with Crippen LogP contribution in [0.4, 0.5) is 0 Å². The molecule has 1 saturated heterocycles. The molecule has 0 N–H and O–H groups in total. The second-order valence-corrected chi connectivity index (χ2v) is 6.96. The smallest absolute Gasteiger partial charge is 0.255 e. The van der Waals surface area contributed by atoms with Crippen LogP contribution in [0.25, 0.3) is 0 Å². The normalized spacial score (nSPS) is 21.2. The van der Waals surface area contributed by atoms with Crippen LogP contribution in [0, 0.1) is 0 Å². The number of carbonyl (C=O) groups excluding carboxylic acids is 1. The number of ether oxygens (including phenoxy) is 1. The van der Waals surface area contributed by atoms with Crippen molar-refractivity contribution in [2.75, 3.05) is 13.1 Å². The summed E-state index contributed by atoms with van der Waals surface area (Å²) in [5.41, 5.74) is -0.0582. The molecule has 1 aliphatic heterocycles. The SMILES string of the molecule is CC1(C)CN(C(=O)c2ccc(Br)nc2)CC(C)(C)O1. The van der Waals surface area contributed by atoms with Gasteiger partial charge >= 0.3 is 0 Å². The van der Waals surface area contributed by atoms with Crippen molar-refractivity contribution in [1.82, 2.24) is 9.88 Å². The first kappa shape index (κ1) is 14.5. The Kier molecular flexibility index (Phi) is 3.71. The van der Waals surface area contributed by atoms with Crippen LogP contribution in [-0.4, -0.2) is 40.1 Å². The van der Waals surface area contributed by atoms with Crippen LogP contribution in [0.5, 0.6) is 0 Å². The van der Waals surface area contributed by atoms with Crippen LogP contribution >= 0.6 is 15.9 Å².